The molecule has 0 aromatic carbocycles. The molecule has 1 aliphatic rings. The minimum absolute atomic E-state index is 0.00297. The number of halogens is 4. The van der Waals surface area contributed by atoms with Gasteiger partial charge >= 0.3 is 11.9 Å². The van der Waals surface area contributed by atoms with E-state index in [1.54, 1.807) is 13.8 Å². The molecular weight excluding hydrogens is 285 g/mol. The lowest BCUT2D eigenvalue weighted by Gasteiger charge is -2.22. The fourth-order valence-electron chi connectivity index (χ4n) is 2.17. The first-order valence-corrected chi connectivity index (χ1v) is 6.11. The number of hydrogen-bond acceptors (Lipinski definition) is 2. The van der Waals surface area contributed by atoms with Gasteiger partial charge in [-0.05, 0) is 18.8 Å². The predicted molar refractivity (Wildman–Crippen MR) is 63.7 cm³/mol. The molecule has 1 aliphatic carbocycles. The largest absolute Gasteiger partial charge is 0.412 e. The topological polar surface area (TPSA) is 54.9 Å². The van der Waals surface area contributed by atoms with Crippen molar-refractivity contribution in [2.24, 2.45) is 0 Å². The summed E-state index contributed by atoms with van der Waals surface area (Å²) < 4.78 is 39.4. The number of alkyl halides is 3. The molecule has 19 heavy (non-hydrogen) atoms. The molecule has 1 aromatic rings. The SMILES string of the molecule is CC(C)c1c(Cl)[nH]c(=O)n(C2(C(F)(F)F)CC2)c1=O. The van der Waals surface area contributed by atoms with Crippen LogP contribution < -0.4 is 11.2 Å². The van der Waals surface area contributed by atoms with Gasteiger partial charge in [-0.2, -0.15) is 13.2 Å². The van der Waals surface area contributed by atoms with E-state index in [2.05, 4.69) is 4.98 Å². The van der Waals surface area contributed by atoms with Crippen molar-refractivity contribution >= 4 is 11.6 Å². The van der Waals surface area contributed by atoms with Crippen LogP contribution in [-0.2, 0) is 5.54 Å². The van der Waals surface area contributed by atoms with Crippen LogP contribution in [0.15, 0.2) is 9.59 Å². The number of aromatic amines is 1. The fourth-order valence-corrected chi connectivity index (χ4v) is 2.54. The lowest BCUT2D eigenvalue weighted by atomic mass is 10.1. The Labute approximate surface area is 111 Å². The molecule has 0 aliphatic heterocycles. The average molecular weight is 297 g/mol. The summed E-state index contributed by atoms with van der Waals surface area (Å²) in [6.45, 7) is 3.25. The molecule has 4 nitrogen and oxygen atoms in total. The highest BCUT2D eigenvalue weighted by molar-refractivity contribution is 6.30. The van der Waals surface area contributed by atoms with Crippen molar-refractivity contribution in [2.75, 3.05) is 0 Å². The molecule has 0 saturated heterocycles. The van der Waals surface area contributed by atoms with E-state index < -0.39 is 23.0 Å². The lowest BCUT2D eigenvalue weighted by Crippen LogP contribution is -2.50. The van der Waals surface area contributed by atoms with Crippen LogP contribution in [0.4, 0.5) is 13.2 Å². The van der Waals surface area contributed by atoms with Crippen molar-refractivity contribution in [2.45, 2.75) is 44.3 Å². The third-order valence-electron chi connectivity index (χ3n) is 3.35. The number of hydrogen-bond donors (Lipinski definition) is 1. The van der Waals surface area contributed by atoms with Gasteiger partial charge in [-0.15, -0.1) is 0 Å². The first kappa shape index (κ1) is 14.2. The molecule has 1 N–H and O–H groups in total. The van der Waals surface area contributed by atoms with Gasteiger partial charge in [-0.3, -0.25) is 9.78 Å². The molecule has 1 heterocycles. The van der Waals surface area contributed by atoms with Gasteiger partial charge in [0.1, 0.15) is 10.7 Å². The fraction of sp³-hybridized carbons (Fsp3) is 0.636. The van der Waals surface area contributed by atoms with Crippen molar-refractivity contribution in [1.29, 1.82) is 0 Å². The zero-order valence-corrected chi connectivity index (χ0v) is 11.0. The standard InChI is InChI=1S/C11H12ClF3N2O2/c1-5(2)6-7(12)16-9(19)17(8(6)18)10(3-4-10)11(13,14)15/h5H,3-4H2,1-2H3,(H,16,19). The van der Waals surface area contributed by atoms with Crippen LogP contribution in [0.2, 0.25) is 5.15 Å². The van der Waals surface area contributed by atoms with Crippen LogP contribution in [0.1, 0.15) is 38.2 Å². The van der Waals surface area contributed by atoms with Gasteiger partial charge in [0.2, 0.25) is 0 Å². The highest BCUT2D eigenvalue weighted by Crippen LogP contribution is 2.54. The first-order chi connectivity index (χ1) is 8.62. The second-order valence-electron chi connectivity index (χ2n) is 4.98. The van der Waals surface area contributed by atoms with E-state index in [0.29, 0.717) is 0 Å². The van der Waals surface area contributed by atoms with E-state index in [-0.39, 0.29) is 34.0 Å². The Balaban J connectivity index is 2.77. The maximum Gasteiger partial charge on any atom is 0.412 e. The van der Waals surface area contributed by atoms with E-state index >= 15 is 0 Å². The van der Waals surface area contributed by atoms with Crippen LogP contribution in [0.25, 0.3) is 0 Å². The summed E-state index contributed by atoms with van der Waals surface area (Å²) in [5.74, 6) is -0.382. The van der Waals surface area contributed by atoms with Crippen LogP contribution in [0.3, 0.4) is 0 Å². The second kappa shape index (κ2) is 4.13. The van der Waals surface area contributed by atoms with Crippen molar-refractivity contribution < 1.29 is 13.2 Å². The van der Waals surface area contributed by atoms with E-state index in [4.69, 9.17) is 11.6 Å². The third kappa shape index (κ3) is 2.00. The van der Waals surface area contributed by atoms with Gasteiger partial charge in [-0.1, -0.05) is 25.4 Å². The number of rotatable bonds is 2. The van der Waals surface area contributed by atoms with Gasteiger partial charge in [0, 0.05) is 0 Å². The zero-order chi connectivity index (χ0) is 14.6. The van der Waals surface area contributed by atoms with Crippen molar-refractivity contribution in [3.05, 3.63) is 31.6 Å². The van der Waals surface area contributed by atoms with Crippen LogP contribution >= 0.6 is 11.6 Å². The summed E-state index contributed by atoms with van der Waals surface area (Å²) in [5.41, 5.74) is -4.45. The lowest BCUT2D eigenvalue weighted by molar-refractivity contribution is -0.181. The molecule has 0 amide bonds. The molecule has 0 atom stereocenters. The summed E-state index contributed by atoms with van der Waals surface area (Å²) in [7, 11) is 0. The normalized spacial score (nSPS) is 17.8. The van der Waals surface area contributed by atoms with Crippen molar-refractivity contribution in [1.82, 2.24) is 9.55 Å². The number of nitrogens with one attached hydrogen (secondary N) is 1. The Bertz CT molecular complexity index is 626. The summed E-state index contributed by atoms with van der Waals surface area (Å²) in [6, 6.07) is 0. The van der Waals surface area contributed by atoms with Crippen LogP contribution in [0.5, 0.6) is 0 Å². The van der Waals surface area contributed by atoms with E-state index in [1.807, 2.05) is 0 Å². The highest BCUT2D eigenvalue weighted by atomic mass is 35.5. The molecule has 0 radical (unpaired) electrons. The Morgan fingerprint density at radius 1 is 1.32 bits per heavy atom. The molecule has 8 heteroatoms. The molecule has 0 spiro atoms. The van der Waals surface area contributed by atoms with Gasteiger partial charge in [0.25, 0.3) is 5.56 Å². The van der Waals surface area contributed by atoms with Crippen LogP contribution in [0, 0.1) is 0 Å². The molecule has 1 aromatic heterocycles. The monoisotopic (exact) mass is 296 g/mol. The van der Waals surface area contributed by atoms with Gasteiger partial charge in [0.05, 0.1) is 5.56 Å². The second-order valence-corrected chi connectivity index (χ2v) is 5.36. The molecule has 1 fully saturated rings. The number of H-pyrrole nitrogens is 1. The maximum absolute atomic E-state index is 13.0. The maximum atomic E-state index is 13.0. The first-order valence-electron chi connectivity index (χ1n) is 5.74. The minimum Gasteiger partial charge on any atom is -0.297 e. The van der Waals surface area contributed by atoms with Crippen molar-refractivity contribution in [3.63, 3.8) is 0 Å². The number of nitrogens with zero attached hydrogens (tertiary/aromatic N) is 1. The summed E-state index contributed by atoms with van der Waals surface area (Å²) in [4.78, 5) is 26.0. The van der Waals surface area contributed by atoms with E-state index in [9.17, 15) is 22.8 Å². The smallest absolute Gasteiger partial charge is 0.297 e. The molecular formula is C11H12ClF3N2O2. The van der Waals surface area contributed by atoms with Gasteiger partial charge < -0.3 is 0 Å². The Hall–Kier alpha value is -1.24. The predicted octanol–water partition coefficient (Wildman–Crippen LogP) is 2.36. The van der Waals surface area contributed by atoms with Gasteiger partial charge in [-0.25, -0.2) is 9.36 Å². The van der Waals surface area contributed by atoms with E-state index in [1.165, 1.54) is 0 Å². The molecule has 0 unspecified atom stereocenters. The van der Waals surface area contributed by atoms with Crippen molar-refractivity contribution in [3.8, 4) is 0 Å². The zero-order valence-electron chi connectivity index (χ0n) is 10.3. The van der Waals surface area contributed by atoms with Gasteiger partial charge in [0.15, 0.2) is 0 Å². The number of aromatic nitrogens is 2. The highest BCUT2D eigenvalue weighted by Gasteiger charge is 2.66. The molecule has 2 rings (SSSR count). The molecule has 1 saturated carbocycles. The summed E-state index contributed by atoms with van der Waals surface area (Å²) in [5, 5.41) is -0.195. The Morgan fingerprint density at radius 3 is 2.21 bits per heavy atom. The third-order valence-corrected chi connectivity index (χ3v) is 3.64. The minimum atomic E-state index is -4.63. The van der Waals surface area contributed by atoms with Crippen LogP contribution in [-0.4, -0.2) is 15.7 Å². The Kier molecular flexibility index (Phi) is 3.08. The quantitative estimate of drug-likeness (QED) is 0.852. The average Bonchev–Trinajstić information content (AvgIpc) is 2.95. The molecule has 0 bridgehead atoms. The van der Waals surface area contributed by atoms with E-state index in [0.717, 1.165) is 0 Å². The summed E-state index contributed by atoms with van der Waals surface area (Å²) >= 11 is 5.74. The Morgan fingerprint density at radius 2 is 1.84 bits per heavy atom. The molecule has 106 valence electrons. The summed E-state index contributed by atoms with van der Waals surface area (Å²) in [6.07, 6.45) is -5.16.